The highest BCUT2D eigenvalue weighted by atomic mass is 32.1. The number of amides is 1. The van der Waals surface area contributed by atoms with Gasteiger partial charge < -0.3 is 14.6 Å². The van der Waals surface area contributed by atoms with E-state index in [-0.39, 0.29) is 25.4 Å². The number of nitrogens with zero attached hydrogens (tertiary/aromatic N) is 2. The Kier molecular flexibility index (Phi) is 6.32. The van der Waals surface area contributed by atoms with Gasteiger partial charge in [0.05, 0.1) is 6.42 Å². The van der Waals surface area contributed by atoms with Crippen LogP contribution in [0.15, 0.2) is 45.6 Å². The molecule has 1 amide bonds. The fourth-order valence-corrected chi connectivity index (χ4v) is 2.95. The molecule has 0 saturated heterocycles. The fourth-order valence-electron chi connectivity index (χ4n) is 2.31. The molecule has 0 aliphatic rings. The molecule has 1 aromatic carbocycles. The zero-order valence-electron chi connectivity index (χ0n) is 14.8. The zero-order valence-corrected chi connectivity index (χ0v) is 15.6. The molecule has 3 rings (SSSR count). The van der Waals surface area contributed by atoms with E-state index in [1.54, 1.807) is 0 Å². The Bertz CT molecular complexity index is 888. The Hall–Kier alpha value is -3.00. The Morgan fingerprint density at radius 1 is 1.22 bits per heavy atom. The van der Waals surface area contributed by atoms with Crippen molar-refractivity contribution in [3.05, 3.63) is 52.5 Å². The number of aromatic nitrogens is 2. The van der Waals surface area contributed by atoms with E-state index in [2.05, 4.69) is 22.4 Å². The third kappa shape index (κ3) is 5.49. The van der Waals surface area contributed by atoms with Gasteiger partial charge in [-0.15, -0.1) is 0 Å². The summed E-state index contributed by atoms with van der Waals surface area (Å²) in [6.45, 7) is 1.72. The van der Waals surface area contributed by atoms with Gasteiger partial charge in [-0.2, -0.15) is 16.3 Å². The van der Waals surface area contributed by atoms with Crippen molar-refractivity contribution in [3.63, 3.8) is 0 Å². The molecule has 0 fully saturated rings. The predicted molar refractivity (Wildman–Crippen MR) is 101 cm³/mol. The summed E-state index contributed by atoms with van der Waals surface area (Å²) >= 11 is 1.54. The van der Waals surface area contributed by atoms with Crippen LogP contribution in [0, 0.1) is 0 Å². The van der Waals surface area contributed by atoms with Gasteiger partial charge in [0.25, 0.3) is 5.91 Å². The molecule has 0 spiro atoms. The van der Waals surface area contributed by atoms with Gasteiger partial charge in [-0.25, -0.2) is 0 Å². The summed E-state index contributed by atoms with van der Waals surface area (Å²) < 4.78 is 10.1. The first-order chi connectivity index (χ1) is 13.1. The van der Waals surface area contributed by atoms with E-state index in [1.807, 2.05) is 41.1 Å². The van der Waals surface area contributed by atoms with Gasteiger partial charge in [-0.1, -0.05) is 24.2 Å². The van der Waals surface area contributed by atoms with Crippen LogP contribution in [0.4, 0.5) is 5.69 Å². The monoisotopic (exact) mass is 385 g/mol. The highest BCUT2D eigenvalue weighted by molar-refractivity contribution is 7.08. The van der Waals surface area contributed by atoms with Gasteiger partial charge in [0.15, 0.2) is 6.61 Å². The van der Waals surface area contributed by atoms with Gasteiger partial charge in [0.1, 0.15) is 0 Å². The number of hydrogen-bond acceptors (Lipinski definition) is 7. The summed E-state index contributed by atoms with van der Waals surface area (Å²) in [5, 5.41) is 10.4. The number of anilines is 1. The molecule has 0 atom stereocenters. The van der Waals surface area contributed by atoms with E-state index < -0.39 is 5.97 Å². The van der Waals surface area contributed by atoms with E-state index >= 15 is 0 Å². The van der Waals surface area contributed by atoms with Crippen LogP contribution >= 0.6 is 11.3 Å². The summed E-state index contributed by atoms with van der Waals surface area (Å²) in [5.74, 6) is -0.0337. The molecule has 0 unspecified atom stereocenters. The number of carbonyl (C=O) groups excluding carboxylic acids is 2. The molecule has 8 heteroatoms. The minimum absolute atomic E-state index is 0.0593. The quantitative estimate of drug-likeness (QED) is 0.597. The number of nitrogens with one attached hydrogen (secondary N) is 1. The molecule has 0 radical (unpaired) electrons. The van der Waals surface area contributed by atoms with Gasteiger partial charge in [-0.3, -0.25) is 9.59 Å². The van der Waals surface area contributed by atoms with Crippen LogP contribution in [0.1, 0.15) is 24.8 Å². The number of aryl methyl sites for hydroxylation is 2. The highest BCUT2D eigenvalue weighted by Crippen LogP contribution is 2.19. The summed E-state index contributed by atoms with van der Waals surface area (Å²) in [4.78, 5) is 27.9. The second-order valence-electron chi connectivity index (χ2n) is 5.78. The molecule has 0 saturated carbocycles. The number of thiophene rings is 1. The second-order valence-corrected chi connectivity index (χ2v) is 6.56. The van der Waals surface area contributed by atoms with E-state index in [9.17, 15) is 9.59 Å². The largest absolute Gasteiger partial charge is 0.456 e. The molecule has 140 valence electrons. The fraction of sp³-hybridized carbons (Fsp3) is 0.263. The van der Waals surface area contributed by atoms with Crippen molar-refractivity contribution in [3.8, 4) is 11.4 Å². The Morgan fingerprint density at radius 3 is 2.74 bits per heavy atom. The number of benzene rings is 1. The molecule has 7 nitrogen and oxygen atoms in total. The Morgan fingerprint density at radius 2 is 2.04 bits per heavy atom. The molecule has 2 aromatic heterocycles. The van der Waals surface area contributed by atoms with Gasteiger partial charge >= 0.3 is 5.97 Å². The zero-order chi connectivity index (χ0) is 19.1. The lowest BCUT2D eigenvalue weighted by Crippen LogP contribution is -2.21. The van der Waals surface area contributed by atoms with Crippen molar-refractivity contribution in [1.82, 2.24) is 10.1 Å². The van der Waals surface area contributed by atoms with Crippen molar-refractivity contribution < 1.29 is 18.8 Å². The number of ether oxygens (including phenoxy) is 1. The lowest BCUT2D eigenvalue weighted by molar-refractivity contribution is -0.147. The molecule has 0 aliphatic heterocycles. The molecular formula is C19H19N3O4S. The van der Waals surface area contributed by atoms with Gasteiger partial charge in [-0.05, 0) is 35.6 Å². The van der Waals surface area contributed by atoms with Gasteiger partial charge in [0.2, 0.25) is 11.7 Å². The third-order valence-corrected chi connectivity index (χ3v) is 4.48. The average Bonchev–Trinajstić information content (AvgIpc) is 3.37. The molecular weight excluding hydrogens is 366 g/mol. The van der Waals surface area contributed by atoms with Crippen molar-refractivity contribution in [1.29, 1.82) is 0 Å². The van der Waals surface area contributed by atoms with Crippen LogP contribution < -0.4 is 5.32 Å². The minimum Gasteiger partial charge on any atom is -0.456 e. The summed E-state index contributed by atoms with van der Waals surface area (Å²) in [6.07, 6.45) is 1.25. The van der Waals surface area contributed by atoms with Crippen LogP contribution in [0.5, 0.6) is 0 Å². The SMILES string of the molecule is CCc1ccc(NC(=O)COC(=O)CCc2nc(-c3ccsc3)no2)cc1. The number of hydrogen-bond donors (Lipinski definition) is 1. The highest BCUT2D eigenvalue weighted by Gasteiger charge is 2.13. The summed E-state index contributed by atoms with van der Waals surface area (Å²) in [7, 11) is 0. The lowest BCUT2D eigenvalue weighted by atomic mass is 10.1. The molecule has 1 N–H and O–H groups in total. The van der Waals surface area contributed by atoms with Crippen LogP contribution in [0.3, 0.4) is 0 Å². The van der Waals surface area contributed by atoms with Crippen molar-refractivity contribution in [2.75, 3.05) is 11.9 Å². The maximum Gasteiger partial charge on any atom is 0.306 e. The topological polar surface area (TPSA) is 94.3 Å². The van der Waals surface area contributed by atoms with Crippen molar-refractivity contribution in [2.24, 2.45) is 0 Å². The van der Waals surface area contributed by atoms with Crippen LogP contribution in [0.2, 0.25) is 0 Å². The molecule has 0 aliphatic carbocycles. The molecule has 2 heterocycles. The standard InChI is InChI=1S/C19H19N3O4S/c1-2-13-3-5-15(6-4-13)20-16(23)11-25-18(24)8-7-17-21-19(22-26-17)14-9-10-27-12-14/h3-6,9-10,12H,2,7-8,11H2,1H3,(H,20,23). The normalized spacial score (nSPS) is 10.6. The number of rotatable bonds is 8. The maximum atomic E-state index is 11.9. The van der Waals surface area contributed by atoms with Crippen molar-refractivity contribution >= 4 is 28.9 Å². The molecule has 0 bridgehead atoms. The van der Waals surface area contributed by atoms with E-state index in [4.69, 9.17) is 9.26 Å². The maximum absolute atomic E-state index is 11.9. The first kappa shape index (κ1) is 18.8. The predicted octanol–water partition coefficient (Wildman–Crippen LogP) is 3.48. The second kappa shape index (κ2) is 9.09. The van der Waals surface area contributed by atoms with E-state index in [1.165, 1.54) is 16.9 Å². The average molecular weight is 385 g/mol. The number of carbonyl (C=O) groups is 2. The van der Waals surface area contributed by atoms with Crippen LogP contribution in [-0.2, 0) is 27.2 Å². The lowest BCUT2D eigenvalue weighted by Gasteiger charge is -2.07. The first-order valence-electron chi connectivity index (χ1n) is 8.53. The minimum atomic E-state index is -0.498. The van der Waals surface area contributed by atoms with E-state index in [0.29, 0.717) is 17.4 Å². The Labute approximate surface area is 160 Å². The van der Waals surface area contributed by atoms with Crippen LogP contribution in [0.25, 0.3) is 11.4 Å². The summed E-state index contributed by atoms with van der Waals surface area (Å²) in [5.41, 5.74) is 2.73. The first-order valence-corrected chi connectivity index (χ1v) is 9.48. The molecule has 3 aromatic rings. The van der Waals surface area contributed by atoms with Gasteiger partial charge in [0, 0.05) is 23.1 Å². The van der Waals surface area contributed by atoms with Crippen LogP contribution in [-0.4, -0.2) is 28.6 Å². The smallest absolute Gasteiger partial charge is 0.306 e. The van der Waals surface area contributed by atoms with Crippen molar-refractivity contribution in [2.45, 2.75) is 26.2 Å². The number of esters is 1. The van der Waals surface area contributed by atoms with E-state index in [0.717, 1.165) is 12.0 Å². The Balaban J connectivity index is 1.39. The summed E-state index contributed by atoms with van der Waals surface area (Å²) in [6, 6.07) is 9.41. The third-order valence-electron chi connectivity index (χ3n) is 3.80. The molecule has 27 heavy (non-hydrogen) atoms.